The molecule has 0 unspecified atom stereocenters. The van der Waals surface area contributed by atoms with E-state index in [0.717, 1.165) is 11.8 Å². The Morgan fingerprint density at radius 1 is 1.05 bits per heavy atom. The Bertz CT molecular complexity index is 1300. The quantitative estimate of drug-likeness (QED) is 0.273. The number of carbonyl (C=O) groups is 4. The molecule has 0 bridgehead atoms. The summed E-state index contributed by atoms with van der Waals surface area (Å²) in [7, 11) is -3.67. The van der Waals surface area contributed by atoms with Gasteiger partial charge in [0, 0.05) is 32.6 Å². The summed E-state index contributed by atoms with van der Waals surface area (Å²) in [5.74, 6) is -0.658. The van der Waals surface area contributed by atoms with Gasteiger partial charge in [0.25, 0.3) is 0 Å². The first kappa shape index (κ1) is 35.0. The number of sulfonamides is 1. The number of benzene rings is 1. The maximum atomic E-state index is 13.5. The van der Waals surface area contributed by atoms with Crippen molar-refractivity contribution in [1.29, 1.82) is 0 Å². The largest absolute Gasteiger partial charge is 0.442 e. The van der Waals surface area contributed by atoms with Gasteiger partial charge in [-0.25, -0.2) is 17.9 Å². The molecule has 14 heteroatoms. The van der Waals surface area contributed by atoms with Crippen LogP contribution in [0.2, 0.25) is 0 Å². The van der Waals surface area contributed by atoms with Crippen molar-refractivity contribution in [3.05, 3.63) is 35.9 Å². The molecule has 0 aromatic heterocycles. The lowest BCUT2D eigenvalue weighted by Gasteiger charge is -2.34. The Labute approximate surface area is 260 Å². The van der Waals surface area contributed by atoms with Crippen molar-refractivity contribution in [3.8, 4) is 0 Å². The SMILES string of the molecule is CCC(=O)N/C(=N/C(=O)OC(C)(C)C)N1CCC(CNC(=O)[C@@H]2CCCN2C(=O)[C@@H](Cc2ccccc2)NS(C)(=O)=O)CC1. The van der Waals surface area contributed by atoms with Crippen molar-refractivity contribution in [1.82, 2.24) is 25.2 Å². The molecule has 2 saturated heterocycles. The predicted molar refractivity (Wildman–Crippen MR) is 166 cm³/mol. The lowest BCUT2D eigenvalue weighted by Crippen LogP contribution is -2.54. The van der Waals surface area contributed by atoms with Crippen LogP contribution in [0.25, 0.3) is 0 Å². The van der Waals surface area contributed by atoms with Crippen molar-refractivity contribution in [2.75, 3.05) is 32.4 Å². The van der Waals surface area contributed by atoms with Gasteiger partial charge in [-0.05, 0) is 64.4 Å². The van der Waals surface area contributed by atoms with Crippen molar-refractivity contribution in [2.45, 2.75) is 83.9 Å². The molecule has 0 saturated carbocycles. The summed E-state index contributed by atoms with van der Waals surface area (Å²) in [4.78, 5) is 58.5. The molecule has 2 atom stereocenters. The molecule has 0 radical (unpaired) electrons. The van der Waals surface area contributed by atoms with Crippen LogP contribution in [-0.4, -0.2) is 98.1 Å². The highest BCUT2D eigenvalue weighted by molar-refractivity contribution is 7.88. The molecule has 2 heterocycles. The minimum atomic E-state index is -3.67. The molecule has 2 aliphatic rings. The van der Waals surface area contributed by atoms with E-state index >= 15 is 0 Å². The van der Waals surface area contributed by atoms with Gasteiger partial charge in [-0.1, -0.05) is 37.3 Å². The van der Waals surface area contributed by atoms with E-state index in [4.69, 9.17) is 4.74 Å². The normalized spacial score (nSPS) is 18.9. The average Bonchev–Trinajstić information content (AvgIpc) is 3.44. The van der Waals surface area contributed by atoms with Gasteiger partial charge in [-0.2, -0.15) is 0 Å². The Kier molecular flexibility index (Phi) is 12.3. The summed E-state index contributed by atoms with van der Waals surface area (Å²) >= 11 is 0. The van der Waals surface area contributed by atoms with E-state index in [9.17, 15) is 27.6 Å². The lowest BCUT2D eigenvalue weighted by molar-refractivity contribution is -0.139. The van der Waals surface area contributed by atoms with Gasteiger partial charge >= 0.3 is 6.09 Å². The molecule has 3 rings (SSSR count). The maximum Gasteiger partial charge on any atom is 0.437 e. The first-order chi connectivity index (χ1) is 20.6. The molecule has 4 amide bonds. The van der Waals surface area contributed by atoms with Crippen molar-refractivity contribution < 1.29 is 32.3 Å². The zero-order chi connectivity index (χ0) is 32.5. The molecular weight excluding hydrogens is 588 g/mol. The van der Waals surface area contributed by atoms with Gasteiger partial charge in [0.2, 0.25) is 33.7 Å². The van der Waals surface area contributed by atoms with E-state index in [0.29, 0.717) is 51.9 Å². The highest BCUT2D eigenvalue weighted by Crippen LogP contribution is 2.22. The maximum absolute atomic E-state index is 13.5. The fraction of sp³-hybridized carbons (Fsp3) is 0.633. The lowest BCUT2D eigenvalue weighted by atomic mass is 9.96. The zero-order valence-electron chi connectivity index (χ0n) is 26.3. The summed E-state index contributed by atoms with van der Waals surface area (Å²) in [6, 6.07) is 7.44. The number of carbonyl (C=O) groups excluding carboxylic acids is 4. The van der Waals surface area contributed by atoms with Crippen LogP contribution in [0, 0.1) is 5.92 Å². The number of amides is 4. The van der Waals surface area contributed by atoms with E-state index in [2.05, 4.69) is 20.3 Å². The van der Waals surface area contributed by atoms with E-state index in [1.807, 2.05) is 35.2 Å². The van der Waals surface area contributed by atoms with Crippen LogP contribution < -0.4 is 15.4 Å². The summed E-state index contributed by atoms with van der Waals surface area (Å²) in [6.45, 7) is 8.72. The first-order valence-electron chi connectivity index (χ1n) is 15.1. The van der Waals surface area contributed by atoms with Gasteiger partial charge in [-0.15, -0.1) is 4.99 Å². The number of ether oxygens (including phenoxy) is 1. The third-order valence-corrected chi connectivity index (χ3v) is 8.13. The molecule has 244 valence electrons. The summed E-state index contributed by atoms with van der Waals surface area (Å²) in [5.41, 5.74) is 0.0835. The molecule has 2 aliphatic heterocycles. The Balaban J connectivity index is 1.58. The van der Waals surface area contributed by atoms with E-state index in [-0.39, 0.29) is 36.5 Å². The van der Waals surface area contributed by atoms with Crippen LogP contribution in [0.5, 0.6) is 0 Å². The molecule has 0 spiro atoms. The summed E-state index contributed by atoms with van der Waals surface area (Å²) in [6.07, 6.45) is 3.13. The smallest absolute Gasteiger partial charge is 0.437 e. The van der Waals surface area contributed by atoms with Crippen molar-refractivity contribution in [3.63, 3.8) is 0 Å². The summed E-state index contributed by atoms with van der Waals surface area (Å²) in [5, 5.41) is 5.69. The second-order valence-electron chi connectivity index (χ2n) is 12.3. The molecule has 44 heavy (non-hydrogen) atoms. The summed E-state index contributed by atoms with van der Waals surface area (Å²) < 4.78 is 31.9. The molecule has 1 aromatic carbocycles. The number of nitrogens with one attached hydrogen (secondary N) is 3. The molecule has 1 aromatic rings. The number of guanidine groups is 1. The number of nitrogens with zero attached hydrogens (tertiary/aromatic N) is 3. The van der Waals surface area contributed by atoms with Crippen LogP contribution in [0.15, 0.2) is 35.3 Å². The molecular formula is C30H46N6O7S. The monoisotopic (exact) mass is 634 g/mol. The molecule has 3 N–H and O–H groups in total. The Morgan fingerprint density at radius 2 is 1.70 bits per heavy atom. The van der Waals surface area contributed by atoms with Crippen molar-refractivity contribution in [2.24, 2.45) is 10.9 Å². The number of rotatable bonds is 9. The van der Waals surface area contributed by atoms with Gasteiger partial charge in [0.15, 0.2) is 0 Å². The van der Waals surface area contributed by atoms with Gasteiger partial charge < -0.3 is 19.9 Å². The van der Waals surface area contributed by atoms with Crippen LogP contribution in [0.4, 0.5) is 4.79 Å². The van der Waals surface area contributed by atoms with Crippen LogP contribution in [0.3, 0.4) is 0 Å². The highest BCUT2D eigenvalue weighted by Gasteiger charge is 2.38. The van der Waals surface area contributed by atoms with Crippen molar-refractivity contribution >= 4 is 39.8 Å². The fourth-order valence-electron chi connectivity index (χ4n) is 5.26. The van der Waals surface area contributed by atoms with E-state index < -0.39 is 39.7 Å². The zero-order valence-corrected chi connectivity index (χ0v) is 27.1. The first-order valence-corrected chi connectivity index (χ1v) is 17.0. The average molecular weight is 635 g/mol. The number of likely N-dealkylation sites (tertiary alicyclic amines) is 2. The number of aliphatic imine (C=N–C) groups is 1. The second-order valence-corrected chi connectivity index (χ2v) is 14.1. The highest BCUT2D eigenvalue weighted by atomic mass is 32.2. The predicted octanol–water partition coefficient (Wildman–Crippen LogP) is 1.78. The molecule has 0 aliphatic carbocycles. The van der Waals surface area contributed by atoms with Crippen LogP contribution in [-0.2, 0) is 35.6 Å². The van der Waals surface area contributed by atoms with E-state index in [1.165, 1.54) is 4.90 Å². The minimum Gasteiger partial charge on any atom is -0.442 e. The second kappa shape index (κ2) is 15.5. The minimum absolute atomic E-state index is 0.142. The third kappa shape index (κ3) is 11.2. The molecule has 13 nitrogen and oxygen atoms in total. The third-order valence-electron chi connectivity index (χ3n) is 7.42. The van der Waals surface area contributed by atoms with Crippen LogP contribution >= 0.6 is 0 Å². The molecule has 2 fully saturated rings. The van der Waals surface area contributed by atoms with Gasteiger partial charge in [0.1, 0.15) is 17.7 Å². The topological polar surface area (TPSA) is 167 Å². The van der Waals surface area contributed by atoms with Gasteiger partial charge in [0.05, 0.1) is 6.26 Å². The number of hydrogen-bond donors (Lipinski definition) is 3. The Morgan fingerprint density at radius 3 is 2.30 bits per heavy atom. The van der Waals surface area contributed by atoms with E-state index in [1.54, 1.807) is 27.7 Å². The van der Waals surface area contributed by atoms with Crippen LogP contribution in [0.1, 0.15) is 65.4 Å². The Hall–Kier alpha value is -3.52. The fourth-order valence-corrected chi connectivity index (χ4v) is 5.97. The van der Waals surface area contributed by atoms with Gasteiger partial charge in [-0.3, -0.25) is 19.7 Å². The number of piperidine rings is 1. The number of hydrogen-bond acceptors (Lipinski definition) is 7. The standard InChI is InChI=1S/C30H46N6O7S/c1-6-25(37)32-28(33-29(40)43-30(2,3)4)35-17-14-22(15-18-35)20-31-26(38)24-13-10-16-36(24)27(39)23(34-44(5,41)42)19-21-11-8-7-9-12-21/h7-9,11-12,22-24,34H,6,10,13-20H2,1-5H3,(H,31,38)(H,32,33,37,40)/t23-,24+/m1/s1.